The van der Waals surface area contributed by atoms with Crippen LogP contribution in [0.25, 0.3) is 10.9 Å². The molecule has 0 bridgehead atoms. The van der Waals surface area contributed by atoms with Crippen molar-refractivity contribution in [2.75, 3.05) is 32.1 Å². The Balaban J connectivity index is 1.53. The molecule has 0 atom stereocenters. The first-order valence-electron chi connectivity index (χ1n) is 11.4. The first-order chi connectivity index (χ1) is 15.2. The molecule has 31 heavy (non-hydrogen) atoms. The molecular formula is C25H30N4O2. The molecule has 2 aliphatic rings. The predicted molar refractivity (Wildman–Crippen MR) is 123 cm³/mol. The fourth-order valence-corrected chi connectivity index (χ4v) is 4.79. The molecule has 1 saturated heterocycles. The van der Waals surface area contributed by atoms with Gasteiger partial charge in [0.2, 0.25) is 5.88 Å². The number of aryl methyl sites for hydroxylation is 1. The Morgan fingerprint density at radius 3 is 2.74 bits per heavy atom. The van der Waals surface area contributed by atoms with Gasteiger partial charge in [0.25, 0.3) is 0 Å². The lowest BCUT2D eigenvalue weighted by Crippen LogP contribution is -2.39. The maximum absolute atomic E-state index is 6.04. The molecule has 1 N–H and O–H groups in total. The summed E-state index contributed by atoms with van der Waals surface area (Å²) in [6.07, 6.45) is 7.35. The molecule has 1 aromatic carbocycles. The van der Waals surface area contributed by atoms with Crippen LogP contribution in [0.1, 0.15) is 37.4 Å². The van der Waals surface area contributed by atoms with E-state index in [9.17, 15) is 0 Å². The number of nitrogens with zero attached hydrogens (tertiary/aromatic N) is 3. The second-order valence-electron chi connectivity index (χ2n) is 8.41. The van der Waals surface area contributed by atoms with E-state index in [0.717, 1.165) is 49.8 Å². The highest BCUT2D eigenvalue weighted by Crippen LogP contribution is 2.41. The van der Waals surface area contributed by atoms with Crippen LogP contribution < -0.4 is 14.8 Å². The average molecular weight is 419 g/mol. The summed E-state index contributed by atoms with van der Waals surface area (Å²) >= 11 is 0. The minimum absolute atomic E-state index is 0.494. The van der Waals surface area contributed by atoms with E-state index >= 15 is 0 Å². The highest BCUT2D eigenvalue weighted by atomic mass is 16.5. The summed E-state index contributed by atoms with van der Waals surface area (Å²) < 4.78 is 11.7. The standard InChI is InChI=1S/C25H30N4O2/c1-3-29-13-10-17(11-14-29)27-25-18-7-6-8-20(18)28-21-16-23(22(30-2)15-19(21)25)31-24-9-4-5-12-26-24/h4-5,9,12,15-17H,3,6-8,10-11,13-14H2,1-2H3,(H,27,28). The van der Waals surface area contributed by atoms with Crippen molar-refractivity contribution in [2.24, 2.45) is 0 Å². The summed E-state index contributed by atoms with van der Waals surface area (Å²) in [5.41, 5.74) is 4.79. The number of pyridine rings is 2. The molecule has 1 aliphatic carbocycles. The lowest BCUT2D eigenvalue weighted by Gasteiger charge is -2.32. The number of hydrogen-bond acceptors (Lipinski definition) is 6. The Morgan fingerprint density at radius 2 is 2.00 bits per heavy atom. The van der Waals surface area contributed by atoms with Gasteiger partial charge in [-0.05, 0) is 56.3 Å². The normalized spacial score (nSPS) is 17.0. The molecule has 0 radical (unpaired) electrons. The zero-order chi connectivity index (χ0) is 21.2. The molecular weight excluding hydrogens is 388 g/mol. The van der Waals surface area contributed by atoms with Crippen LogP contribution in [0.5, 0.6) is 17.4 Å². The summed E-state index contributed by atoms with van der Waals surface area (Å²) in [4.78, 5) is 11.8. The molecule has 0 unspecified atom stereocenters. The van der Waals surface area contributed by atoms with Crippen molar-refractivity contribution in [1.82, 2.24) is 14.9 Å². The molecule has 0 saturated carbocycles. The predicted octanol–water partition coefficient (Wildman–Crippen LogP) is 4.82. The van der Waals surface area contributed by atoms with Crippen LogP contribution >= 0.6 is 0 Å². The maximum atomic E-state index is 6.04. The fraction of sp³-hybridized carbons (Fsp3) is 0.440. The van der Waals surface area contributed by atoms with Crippen LogP contribution in [0.3, 0.4) is 0 Å². The van der Waals surface area contributed by atoms with Crippen molar-refractivity contribution in [3.63, 3.8) is 0 Å². The number of ether oxygens (including phenoxy) is 2. The van der Waals surface area contributed by atoms with Crippen LogP contribution in [-0.2, 0) is 12.8 Å². The van der Waals surface area contributed by atoms with Crippen LogP contribution in [0.4, 0.5) is 5.69 Å². The molecule has 0 amide bonds. The van der Waals surface area contributed by atoms with Crippen molar-refractivity contribution in [2.45, 2.75) is 45.1 Å². The second kappa shape index (κ2) is 8.71. The summed E-state index contributed by atoms with van der Waals surface area (Å²) in [5, 5.41) is 5.03. The first-order valence-corrected chi connectivity index (χ1v) is 11.4. The van der Waals surface area contributed by atoms with E-state index in [1.165, 1.54) is 29.8 Å². The van der Waals surface area contributed by atoms with E-state index in [-0.39, 0.29) is 0 Å². The Labute approximate surface area is 183 Å². The van der Waals surface area contributed by atoms with Gasteiger partial charge in [0.1, 0.15) is 0 Å². The van der Waals surface area contributed by atoms with Gasteiger partial charge < -0.3 is 19.7 Å². The Morgan fingerprint density at radius 1 is 1.13 bits per heavy atom. The monoisotopic (exact) mass is 418 g/mol. The maximum Gasteiger partial charge on any atom is 0.219 e. The van der Waals surface area contributed by atoms with Crippen molar-refractivity contribution in [3.8, 4) is 17.4 Å². The lowest BCUT2D eigenvalue weighted by atomic mass is 10.0. The number of methoxy groups -OCH3 is 1. The SMILES string of the molecule is CCN1CCC(Nc2c3c(nc4cc(Oc5ccccn5)c(OC)cc24)CCC3)CC1. The van der Waals surface area contributed by atoms with Gasteiger partial charge in [0.05, 0.1) is 12.6 Å². The van der Waals surface area contributed by atoms with E-state index < -0.39 is 0 Å². The highest BCUT2D eigenvalue weighted by molar-refractivity contribution is 5.96. The Bertz CT molecular complexity index is 1060. The van der Waals surface area contributed by atoms with Crippen LogP contribution in [0.15, 0.2) is 36.5 Å². The second-order valence-corrected chi connectivity index (χ2v) is 8.41. The van der Waals surface area contributed by atoms with Gasteiger partial charge in [-0.2, -0.15) is 0 Å². The number of aromatic nitrogens is 2. The molecule has 0 spiro atoms. The van der Waals surface area contributed by atoms with Gasteiger partial charge in [0.15, 0.2) is 11.5 Å². The third-order valence-corrected chi connectivity index (χ3v) is 6.53. The molecule has 162 valence electrons. The number of benzene rings is 1. The molecule has 6 heteroatoms. The number of likely N-dealkylation sites (tertiary alicyclic amines) is 1. The van der Waals surface area contributed by atoms with Gasteiger partial charge in [-0.3, -0.25) is 4.98 Å². The van der Waals surface area contributed by atoms with Gasteiger partial charge in [-0.15, -0.1) is 0 Å². The number of nitrogens with one attached hydrogen (secondary N) is 1. The van der Waals surface area contributed by atoms with E-state index in [1.54, 1.807) is 13.3 Å². The number of rotatable bonds is 6. The molecule has 5 rings (SSSR count). The number of anilines is 1. The third-order valence-electron chi connectivity index (χ3n) is 6.53. The number of piperidine rings is 1. The van der Waals surface area contributed by atoms with Gasteiger partial charge in [-0.1, -0.05) is 13.0 Å². The van der Waals surface area contributed by atoms with Gasteiger partial charge in [0, 0.05) is 54.2 Å². The molecule has 6 nitrogen and oxygen atoms in total. The molecule has 1 aliphatic heterocycles. The van der Waals surface area contributed by atoms with Crippen LogP contribution in [0, 0.1) is 0 Å². The minimum atomic E-state index is 0.494. The van der Waals surface area contributed by atoms with Crippen LogP contribution in [-0.4, -0.2) is 47.7 Å². The Hall–Kier alpha value is -2.86. The fourth-order valence-electron chi connectivity index (χ4n) is 4.79. The zero-order valence-electron chi connectivity index (χ0n) is 18.4. The lowest BCUT2D eigenvalue weighted by molar-refractivity contribution is 0.229. The van der Waals surface area contributed by atoms with Gasteiger partial charge in [-0.25, -0.2) is 4.98 Å². The van der Waals surface area contributed by atoms with E-state index in [2.05, 4.69) is 28.2 Å². The number of hydrogen-bond donors (Lipinski definition) is 1. The van der Waals surface area contributed by atoms with E-state index in [0.29, 0.717) is 23.4 Å². The van der Waals surface area contributed by atoms with Crippen molar-refractivity contribution >= 4 is 16.6 Å². The minimum Gasteiger partial charge on any atom is -0.493 e. The van der Waals surface area contributed by atoms with E-state index in [4.69, 9.17) is 14.5 Å². The summed E-state index contributed by atoms with van der Waals surface area (Å²) in [6.45, 7) is 5.69. The van der Waals surface area contributed by atoms with Crippen LogP contribution in [0.2, 0.25) is 0 Å². The number of fused-ring (bicyclic) bond motifs is 2. The zero-order valence-corrected chi connectivity index (χ0v) is 18.4. The topological polar surface area (TPSA) is 59.5 Å². The molecule has 3 heterocycles. The smallest absolute Gasteiger partial charge is 0.219 e. The van der Waals surface area contributed by atoms with Crippen molar-refractivity contribution in [3.05, 3.63) is 47.8 Å². The van der Waals surface area contributed by atoms with Gasteiger partial charge >= 0.3 is 0 Å². The summed E-state index contributed by atoms with van der Waals surface area (Å²) in [6, 6.07) is 10.2. The summed E-state index contributed by atoms with van der Waals surface area (Å²) in [5.74, 6) is 1.88. The first kappa shape index (κ1) is 20.1. The molecule has 2 aromatic heterocycles. The summed E-state index contributed by atoms with van der Waals surface area (Å²) in [7, 11) is 1.68. The Kier molecular flexibility index (Phi) is 5.64. The van der Waals surface area contributed by atoms with E-state index in [1.807, 2.05) is 24.3 Å². The van der Waals surface area contributed by atoms with Crippen molar-refractivity contribution < 1.29 is 9.47 Å². The molecule has 3 aromatic rings. The van der Waals surface area contributed by atoms with Crippen molar-refractivity contribution in [1.29, 1.82) is 0 Å². The highest BCUT2D eigenvalue weighted by Gasteiger charge is 2.25. The largest absolute Gasteiger partial charge is 0.493 e. The average Bonchev–Trinajstić information content (AvgIpc) is 3.28. The quantitative estimate of drug-likeness (QED) is 0.620. The third kappa shape index (κ3) is 4.04. The molecule has 1 fully saturated rings.